The van der Waals surface area contributed by atoms with Crippen molar-refractivity contribution < 1.29 is 0 Å². The Balaban J connectivity index is 1.74. The van der Waals surface area contributed by atoms with E-state index in [1.807, 2.05) is 0 Å². The number of aryl methyl sites for hydroxylation is 2. The Bertz CT molecular complexity index is 369. The van der Waals surface area contributed by atoms with Gasteiger partial charge in [0.15, 0.2) is 0 Å². The van der Waals surface area contributed by atoms with Crippen molar-refractivity contribution in [2.45, 2.75) is 46.1 Å². The van der Waals surface area contributed by atoms with Crippen LogP contribution in [0.15, 0.2) is 0 Å². The summed E-state index contributed by atoms with van der Waals surface area (Å²) >= 11 is 1.80. The van der Waals surface area contributed by atoms with Crippen LogP contribution in [0.3, 0.4) is 0 Å². The molecule has 1 aromatic rings. The maximum atomic E-state index is 4.62. The van der Waals surface area contributed by atoms with Gasteiger partial charge in [0.05, 0.1) is 10.7 Å². The minimum atomic E-state index is 0.375. The molecule has 0 radical (unpaired) electrons. The van der Waals surface area contributed by atoms with Crippen LogP contribution in [0, 0.1) is 13.8 Å². The SMILES string of the molecule is Cc1nc(C(C)NCCN2CCCCC2)c(C)s1. The van der Waals surface area contributed by atoms with Crippen LogP contribution in [0.25, 0.3) is 0 Å². The lowest BCUT2D eigenvalue weighted by atomic mass is 10.1. The average molecular weight is 267 g/mol. The third-order valence-electron chi connectivity index (χ3n) is 3.68. The highest BCUT2D eigenvalue weighted by atomic mass is 32.1. The quantitative estimate of drug-likeness (QED) is 0.889. The van der Waals surface area contributed by atoms with E-state index in [0.717, 1.165) is 6.54 Å². The molecular weight excluding hydrogens is 242 g/mol. The molecule has 1 N–H and O–H groups in total. The molecule has 0 amide bonds. The van der Waals surface area contributed by atoms with Gasteiger partial charge in [-0.3, -0.25) is 0 Å². The third-order valence-corrected chi connectivity index (χ3v) is 4.58. The Hall–Kier alpha value is -0.450. The molecule has 18 heavy (non-hydrogen) atoms. The third kappa shape index (κ3) is 3.77. The smallest absolute Gasteiger partial charge is 0.0900 e. The van der Waals surface area contributed by atoms with Crippen molar-refractivity contribution in [3.8, 4) is 0 Å². The molecule has 0 saturated carbocycles. The van der Waals surface area contributed by atoms with Gasteiger partial charge in [-0.25, -0.2) is 4.98 Å². The topological polar surface area (TPSA) is 28.2 Å². The summed E-state index contributed by atoms with van der Waals surface area (Å²) in [5.74, 6) is 0. The Morgan fingerprint density at radius 3 is 2.61 bits per heavy atom. The summed E-state index contributed by atoms with van der Waals surface area (Å²) in [6.45, 7) is 11.3. The van der Waals surface area contributed by atoms with Crippen LogP contribution in [0.4, 0.5) is 0 Å². The molecule has 0 aliphatic carbocycles. The lowest BCUT2D eigenvalue weighted by Crippen LogP contribution is -2.36. The van der Waals surface area contributed by atoms with Gasteiger partial charge in [-0.2, -0.15) is 0 Å². The maximum absolute atomic E-state index is 4.62. The minimum absolute atomic E-state index is 0.375. The summed E-state index contributed by atoms with van der Waals surface area (Å²) in [6, 6.07) is 0.375. The largest absolute Gasteiger partial charge is 0.308 e. The molecule has 102 valence electrons. The first-order valence-corrected chi connectivity index (χ1v) is 7.88. The van der Waals surface area contributed by atoms with Gasteiger partial charge >= 0.3 is 0 Å². The summed E-state index contributed by atoms with van der Waals surface area (Å²) in [7, 11) is 0. The normalized spacial score (nSPS) is 19.1. The van der Waals surface area contributed by atoms with E-state index in [1.165, 1.54) is 54.5 Å². The Labute approximate surface area is 115 Å². The minimum Gasteiger partial charge on any atom is -0.308 e. The van der Waals surface area contributed by atoms with Crippen molar-refractivity contribution in [2.75, 3.05) is 26.2 Å². The van der Waals surface area contributed by atoms with Crippen molar-refractivity contribution >= 4 is 11.3 Å². The summed E-state index contributed by atoms with van der Waals surface area (Å²) in [5, 5.41) is 4.78. The fraction of sp³-hybridized carbons (Fsp3) is 0.786. The molecule has 2 rings (SSSR count). The van der Waals surface area contributed by atoms with Crippen LogP contribution in [0.1, 0.15) is 47.8 Å². The highest BCUT2D eigenvalue weighted by molar-refractivity contribution is 7.11. The van der Waals surface area contributed by atoms with Gasteiger partial charge in [-0.15, -0.1) is 11.3 Å². The van der Waals surface area contributed by atoms with E-state index in [-0.39, 0.29) is 0 Å². The number of rotatable bonds is 5. The zero-order valence-corrected chi connectivity index (χ0v) is 12.6. The molecule has 1 unspecified atom stereocenters. The fourth-order valence-corrected chi connectivity index (χ4v) is 3.58. The van der Waals surface area contributed by atoms with Crippen LogP contribution in [0.2, 0.25) is 0 Å². The van der Waals surface area contributed by atoms with Crippen molar-refractivity contribution in [3.63, 3.8) is 0 Å². The van der Waals surface area contributed by atoms with Crippen molar-refractivity contribution in [1.82, 2.24) is 15.2 Å². The zero-order valence-electron chi connectivity index (χ0n) is 11.8. The van der Waals surface area contributed by atoms with Gasteiger partial charge in [-0.05, 0) is 46.7 Å². The molecule has 1 atom stereocenters. The lowest BCUT2D eigenvalue weighted by Gasteiger charge is -2.27. The molecule has 0 aromatic carbocycles. The molecule has 0 bridgehead atoms. The van der Waals surface area contributed by atoms with E-state index >= 15 is 0 Å². The first kappa shape index (κ1) is 14.0. The van der Waals surface area contributed by atoms with Gasteiger partial charge in [0.1, 0.15) is 0 Å². The molecule has 1 aromatic heterocycles. The Morgan fingerprint density at radius 2 is 2.00 bits per heavy atom. The van der Waals surface area contributed by atoms with Gasteiger partial charge in [0.2, 0.25) is 0 Å². The number of piperidine rings is 1. The predicted molar refractivity (Wildman–Crippen MR) is 78.3 cm³/mol. The van der Waals surface area contributed by atoms with E-state index in [0.29, 0.717) is 6.04 Å². The van der Waals surface area contributed by atoms with E-state index in [4.69, 9.17) is 0 Å². The summed E-state index contributed by atoms with van der Waals surface area (Å²) in [6.07, 6.45) is 4.16. The number of nitrogens with zero attached hydrogens (tertiary/aromatic N) is 2. The average Bonchev–Trinajstić information content (AvgIpc) is 2.70. The Morgan fingerprint density at radius 1 is 1.28 bits per heavy atom. The number of thiazole rings is 1. The number of nitrogens with one attached hydrogen (secondary N) is 1. The van der Waals surface area contributed by atoms with Crippen LogP contribution in [0.5, 0.6) is 0 Å². The fourth-order valence-electron chi connectivity index (χ4n) is 2.67. The van der Waals surface area contributed by atoms with Gasteiger partial charge in [-0.1, -0.05) is 6.42 Å². The second-order valence-electron chi connectivity index (χ2n) is 5.25. The molecule has 3 nitrogen and oxygen atoms in total. The van der Waals surface area contributed by atoms with Gasteiger partial charge < -0.3 is 10.2 Å². The molecule has 0 spiro atoms. The Kier molecular flexibility index (Phi) is 5.15. The van der Waals surface area contributed by atoms with Crippen molar-refractivity contribution in [1.29, 1.82) is 0 Å². The summed E-state index contributed by atoms with van der Waals surface area (Å²) in [4.78, 5) is 8.54. The highest BCUT2D eigenvalue weighted by Crippen LogP contribution is 2.22. The maximum Gasteiger partial charge on any atom is 0.0900 e. The van der Waals surface area contributed by atoms with Gasteiger partial charge in [0.25, 0.3) is 0 Å². The number of hydrogen-bond acceptors (Lipinski definition) is 4. The number of likely N-dealkylation sites (tertiary alicyclic amines) is 1. The number of hydrogen-bond donors (Lipinski definition) is 1. The van der Waals surface area contributed by atoms with Crippen molar-refractivity contribution in [3.05, 3.63) is 15.6 Å². The predicted octanol–water partition coefficient (Wildman–Crippen LogP) is 2.90. The molecule has 1 fully saturated rings. The second-order valence-corrected chi connectivity index (χ2v) is 6.66. The lowest BCUT2D eigenvalue weighted by molar-refractivity contribution is 0.226. The zero-order chi connectivity index (χ0) is 13.0. The summed E-state index contributed by atoms with van der Waals surface area (Å²) < 4.78 is 0. The molecular formula is C14H25N3S. The van der Waals surface area contributed by atoms with Crippen molar-refractivity contribution in [2.24, 2.45) is 0 Å². The first-order valence-electron chi connectivity index (χ1n) is 7.06. The standard InChI is InChI=1S/C14H25N3S/c1-11(14-12(2)18-13(3)16-14)15-7-10-17-8-5-4-6-9-17/h11,15H,4-10H2,1-3H3. The molecule has 1 aliphatic rings. The molecule has 4 heteroatoms. The van der Waals surface area contributed by atoms with E-state index in [9.17, 15) is 0 Å². The first-order chi connectivity index (χ1) is 8.66. The van der Waals surface area contributed by atoms with E-state index in [1.54, 1.807) is 11.3 Å². The number of aromatic nitrogens is 1. The van der Waals surface area contributed by atoms with Crippen LogP contribution >= 0.6 is 11.3 Å². The van der Waals surface area contributed by atoms with E-state index in [2.05, 4.69) is 36.0 Å². The highest BCUT2D eigenvalue weighted by Gasteiger charge is 2.14. The second kappa shape index (κ2) is 6.64. The van der Waals surface area contributed by atoms with Crippen LogP contribution in [-0.2, 0) is 0 Å². The molecule has 1 saturated heterocycles. The monoisotopic (exact) mass is 267 g/mol. The van der Waals surface area contributed by atoms with Crippen LogP contribution in [-0.4, -0.2) is 36.1 Å². The summed E-state index contributed by atoms with van der Waals surface area (Å²) in [5.41, 5.74) is 1.23. The molecule has 1 aliphatic heterocycles. The van der Waals surface area contributed by atoms with Crippen LogP contribution < -0.4 is 5.32 Å². The molecule has 2 heterocycles. The van der Waals surface area contributed by atoms with Gasteiger partial charge in [0, 0.05) is 24.0 Å². The van der Waals surface area contributed by atoms with E-state index < -0.39 is 0 Å².